The fourth-order valence-corrected chi connectivity index (χ4v) is 3.35. The quantitative estimate of drug-likeness (QED) is 0.655. The summed E-state index contributed by atoms with van der Waals surface area (Å²) in [5.74, 6) is -1.54. The van der Waals surface area contributed by atoms with E-state index < -0.39 is 27.9 Å². The Kier molecular flexibility index (Phi) is 6.92. The molecule has 0 aliphatic carbocycles. The standard InChI is InChI=1S/C16H24N2O5S/c1-10(2)9-14(16(20)21)17-15(19)12-5-7-13(8-6-12)24(22,23)18-11(3)4/h5-8,10-11,14,18H,9H2,1-4H3,(H,17,19)(H,20,21). The number of aliphatic carboxylic acids is 1. The Bertz CT molecular complexity index is 681. The molecule has 0 fully saturated rings. The van der Waals surface area contributed by atoms with Gasteiger partial charge in [-0.1, -0.05) is 13.8 Å². The van der Waals surface area contributed by atoms with Crippen LogP contribution in [0.3, 0.4) is 0 Å². The van der Waals surface area contributed by atoms with Gasteiger partial charge in [0.25, 0.3) is 5.91 Å². The number of hydrogen-bond acceptors (Lipinski definition) is 4. The number of nitrogens with one attached hydrogen (secondary N) is 2. The second kappa shape index (κ2) is 8.25. The second-order valence-electron chi connectivity index (χ2n) is 6.29. The normalized spacial score (nSPS) is 13.1. The highest BCUT2D eigenvalue weighted by molar-refractivity contribution is 7.89. The molecular formula is C16H24N2O5S. The van der Waals surface area contributed by atoms with E-state index in [4.69, 9.17) is 5.11 Å². The van der Waals surface area contributed by atoms with E-state index in [9.17, 15) is 18.0 Å². The van der Waals surface area contributed by atoms with Crippen LogP contribution < -0.4 is 10.0 Å². The summed E-state index contributed by atoms with van der Waals surface area (Å²) >= 11 is 0. The molecule has 1 unspecified atom stereocenters. The number of benzene rings is 1. The van der Waals surface area contributed by atoms with E-state index >= 15 is 0 Å². The van der Waals surface area contributed by atoms with E-state index in [1.54, 1.807) is 13.8 Å². The molecule has 134 valence electrons. The molecule has 0 spiro atoms. The molecule has 7 nitrogen and oxygen atoms in total. The zero-order valence-corrected chi connectivity index (χ0v) is 15.1. The lowest BCUT2D eigenvalue weighted by atomic mass is 10.0. The molecule has 0 aliphatic heterocycles. The van der Waals surface area contributed by atoms with Gasteiger partial charge in [-0.15, -0.1) is 0 Å². The zero-order valence-electron chi connectivity index (χ0n) is 14.2. The van der Waals surface area contributed by atoms with Crippen molar-refractivity contribution in [1.82, 2.24) is 10.0 Å². The predicted molar refractivity (Wildman–Crippen MR) is 90.2 cm³/mol. The van der Waals surface area contributed by atoms with Gasteiger partial charge in [0.15, 0.2) is 0 Å². The van der Waals surface area contributed by atoms with Gasteiger partial charge in [-0.3, -0.25) is 4.79 Å². The highest BCUT2D eigenvalue weighted by Crippen LogP contribution is 2.12. The third kappa shape index (κ3) is 5.93. The van der Waals surface area contributed by atoms with Crippen LogP contribution in [0.25, 0.3) is 0 Å². The third-order valence-electron chi connectivity index (χ3n) is 3.13. The lowest BCUT2D eigenvalue weighted by Crippen LogP contribution is -2.41. The topological polar surface area (TPSA) is 113 Å². The van der Waals surface area contributed by atoms with E-state index in [0.29, 0.717) is 6.42 Å². The number of carbonyl (C=O) groups is 2. The molecule has 0 saturated heterocycles. The Morgan fingerprint density at radius 3 is 2.04 bits per heavy atom. The maximum Gasteiger partial charge on any atom is 0.326 e. The fourth-order valence-electron chi connectivity index (χ4n) is 2.10. The van der Waals surface area contributed by atoms with Gasteiger partial charge >= 0.3 is 5.97 Å². The number of sulfonamides is 1. The van der Waals surface area contributed by atoms with Crippen LogP contribution in [0.1, 0.15) is 44.5 Å². The number of carbonyl (C=O) groups excluding carboxylic acids is 1. The summed E-state index contributed by atoms with van der Waals surface area (Å²) in [5, 5.41) is 11.6. The molecule has 24 heavy (non-hydrogen) atoms. The first-order chi connectivity index (χ1) is 11.0. The van der Waals surface area contributed by atoms with Crippen molar-refractivity contribution in [2.45, 2.75) is 51.1 Å². The smallest absolute Gasteiger partial charge is 0.326 e. The molecular weight excluding hydrogens is 332 g/mol. The van der Waals surface area contributed by atoms with Gasteiger partial charge in [0.05, 0.1) is 4.90 Å². The highest BCUT2D eigenvalue weighted by atomic mass is 32.2. The lowest BCUT2D eigenvalue weighted by Gasteiger charge is -2.16. The largest absolute Gasteiger partial charge is 0.480 e. The first-order valence-electron chi connectivity index (χ1n) is 7.69. The molecule has 1 atom stereocenters. The Labute approximate surface area is 142 Å². The van der Waals surface area contributed by atoms with Gasteiger partial charge in [-0.2, -0.15) is 0 Å². The van der Waals surface area contributed by atoms with Crippen LogP contribution in [0.15, 0.2) is 29.2 Å². The Morgan fingerprint density at radius 1 is 1.08 bits per heavy atom. The van der Waals surface area contributed by atoms with Crippen molar-refractivity contribution in [3.8, 4) is 0 Å². The summed E-state index contributed by atoms with van der Waals surface area (Å²) in [7, 11) is -3.63. The molecule has 0 heterocycles. The molecule has 8 heteroatoms. The van der Waals surface area contributed by atoms with E-state index in [-0.39, 0.29) is 22.4 Å². The summed E-state index contributed by atoms with van der Waals surface area (Å²) in [6.45, 7) is 7.15. The number of rotatable bonds is 8. The van der Waals surface area contributed by atoms with Gasteiger partial charge in [-0.25, -0.2) is 17.9 Å². The summed E-state index contributed by atoms with van der Waals surface area (Å²) in [5.41, 5.74) is 0.202. The van der Waals surface area contributed by atoms with Gasteiger partial charge in [-0.05, 0) is 50.5 Å². The fraction of sp³-hybridized carbons (Fsp3) is 0.500. The molecule has 1 amide bonds. The average molecular weight is 356 g/mol. The SMILES string of the molecule is CC(C)CC(NC(=O)c1ccc(S(=O)(=O)NC(C)C)cc1)C(=O)O. The molecule has 0 saturated carbocycles. The number of hydrogen-bond donors (Lipinski definition) is 3. The number of amides is 1. The summed E-state index contributed by atoms with van der Waals surface area (Å²) in [6.07, 6.45) is 0.311. The lowest BCUT2D eigenvalue weighted by molar-refractivity contribution is -0.139. The second-order valence-corrected chi connectivity index (χ2v) is 8.01. The molecule has 1 rings (SSSR count). The van der Waals surface area contributed by atoms with Crippen molar-refractivity contribution in [2.75, 3.05) is 0 Å². The van der Waals surface area contributed by atoms with Crippen molar-refractivity contribution in [1.29, 1.82) is 0 Å². The van der Waals surface area contributed by atoms with Crippen LogP contribution in [0.5, 0.6) is 0 Å². The third-order valence-corrected chi connectivity index (χ3v) is 4.80. The molecule has 1 aromatic rings. The first kappa shape index (κ1) is 20.1. The van der Waals surface area contributed by atoms with Gasteiger partial charge in [0, 0.05) is 11.6 Å². The van der Waals surface area contributed by atoms with Crippen molar-refractivity contribution in [2.24, 2.45) is 5.92 Å². The minimum absolute atomic E-state index is 0.0460. The summed E-state index contributed by atoms with van der Waals surface area (Å²) in [6, 6.07) is 4.13. The molecule has 0 aliphatic rings. The summed E-state index contributed by atoms with van der Waals surface area (Å²) < 4.78 is 26.5. The van der Waals surface area contributed by atoms with E-state index in [1.807, 2.05) is 13.8 Å². The minimum Gasteiger partial charge on any atom is -0.480 e. The van der Waals surface area contributed by atoms with Crippen molar-refractivity contribution >= 4 is 21.9 Å². The summed E-state index contributed by atoms with van der Waals surface area (Å²) in [4.78, 5) is 23.4. The van der Waals surface area contributed by atoms with Gasteiger partial charge in [0.1, 0.15) is 6.04 Å². The molecule has 0 aromatic heterocycles. The van der Waals surface area contributed by atoms with E-state index in [0.717, 1.165) is 0 Å². The predicted octanol–water partition coefficient (Wildman–Crippen LogP) is 1.60. The monoisotopic (exact) mass is 356 g/mol. The zero-order chi connectivity index (χ0) is 18.5. The van der Waals surface area contributed by atoms with Gasteiger partial charge < -0.3 is 10.4 Å². The van der Waals surface area contributed by atoms with Crippen LogP contribution >= 0.6 is 0 Å². The van der Waals surface area contributed by atoms with Crippen LogP contribution in [-0.2, 0) is 14.8 Å². The van der Waals surface area contributed by atoms with Crippen LogP contribution in [0.4, 0.5) is 0 Å². The van der Waals surface area contributed by atoms with Gasteiger partial charge in [0.2, 0.25) is 10.0 Å². The van der Waals surface area contributed by atoms with E-state index in [2.05, 4.69) is 10.0 Å². The van der Waals surface area contributed by atoms with Crippen LogP contribution in [0.2, 0.25) is 0 Å². The highest BCUT2D eigenvalue weighted by Gasteiger charge is 2.22. The molecule has 0 radical (unpaired) electrons. The molecule has 0 bridgehead atoms. The Hall–Kier alpha value is -1.93. The first-order valence-corrected chi connectivity index (χ1v) is 9.17. The van der Waals surface area contributed by atoms with Crippen molar-refractivity contribution in [3.05, 3.63) is 29.8 Å². The number of carboxylic acid groups (broad SMARTS) is 1. The van der Waals surface area contributed by atoms with Crippen LogP contribution in [-0.4, -0.2) is 37.5 Å². The Morgan fingerprint density at radius 2 is 1.62 bits per heavy atom. The number of carboxylic acids is 1. The Balaban J connectivity index is 2.88. The molecule has 1 aromatic carbocycles. The average Bonchev–Trinajstić information content (AvgIpc) is 2.44. The maximum atomic E-state index is 12.1. The van der Waals surface area contributed by atoms with Crippen molar-refractivity contribution in [3.63, 3.8) is 0 Å². The maximum absolute atomic E-state index is 12.1. The molecule has 3 N–H and O–H groups in total. The van der Waals surface area contributed by atoms with Crippen LogP contribution in [0, 0.1) is 5.92 Å². The minimum atomic E-state index is -3.63. The van der Waals surface area contributed by atoms with Crippen molar-refractivity contribution < 1.29 is 23.1 Å². The van der Waals surface area contributed by atoms with E-state index in [1.165, 1.54) is 24.3 Å².